The van der Waals surface area contributed by atoms with E-state index in [1.54, 1.807) is 18.2 Å². The molecular weight excluding hydrogens is 428 g/mol. The molecule has 0 aliphatic rings. The van der Waals surface area contributed by atoms with Crippen LogP contribution in [0.4, 0.5) is 0 Å². The van der Waals surface area contributed by atoms with E-state index < -0.39 is 5.97 Å². The first-order valence-corrected chi connectivity index (χ1v) is 12.3. The maximum atomic E-state index is 11.8. The van der Waals surface area contributed by atoms with Crippen molar-refractivity contribution in [3.05, 3.63) is 65.9 Å². The van der Waals surface area contributed by atoms with Crippen LogP contribution in [0.3, 0.4) is 0 Å². The third-order valence-corrected chi connectivity index (χ3v) is 6.04. The molecule has 6 heteroatoms. The van der Waals surface area contributed by atoms with E-state index >= 15 is 0 Å². The number of unbranched alkanes of at least 4 members (excludes halogenated alkanes) is 5. The molecule has 3 aromatic rings. The number of hydrogen-bond acceptors (Lipinski definition) is 3. The Labute approximate surface area is 201 Å². The van der Waals surface area contributed by atoms with E-state index in [-0.39, 0.29) is 17.5 Å². The maximum absolute atomic E-state index is 11.8. The zero-order valence-electron chi connectivity index (χ0n) is 20.3. The van der Waals surface area contributed by atoms with Gasteiger partial charge in [0, 0.05) is 30.6 Å². The Balaban J connectivity index is 1.55. The Hall–Kier alpha value is -3.28. The van der Waals surface area contributed by atoms with Crippen LogP contribution in [0.15, 0.2) is 54.7 Å². The summed E-state index contributed by atoms with van der Waals surface area (Å²) in [5, 5.41) is 13.0. The number of carbonyl (C=O) groups excluding carboxylic acids is 1. The van der Waals surface area contributed by atoms with E-state index in [4.69, 9.17) is 4.74 Å². The lowest BCUT2D eigenvalue weighted by atomic mass is 10.0. The number of nitrogens with one attached hydrogen (secondary N) is 1. The van der Waals surface area contributed by atoms with Crippen LogP contribution in [0.5, 0.6) is 5.75 Å². The monoisotopic (exact) mass is 464 g/mol. The molecule has 34 heavy (non-hydrogen) atoms. The summed E-state index contributed by atoms with van der Waals surface area (Å²) in [6.07, 6.45) is 10.7. The maximum Gasteiger partial charge on any atom is 0.335 e. The Morgan fingerprint density at radius 3 is 2.44 bits per heavy atom. The number of carboxylic acids is 1. The average molecular weight is 465 g/mol. The second kappa shape index (κ2) is 12.8. The lowest BCUT2D eigenvalue weighted by molar-refractivity contribution is -0.120. The molecule has 0 fully saturated rings. The molecule has 1 atom stereocenters. The SMILES string of the molecule is CCCCCCCCc1ccc(OCC(Cn2ccc3cc(C(=O)O)ccc32)NC(C)=O)cc1. The van der Waals surface area contributed by atoms with E-state index in [0.717, 1.165) is 23.1 Å². The average Bonchev–Trinajstić information content (AvgIpc) is 3.22. The third-order valence-electron chi connectivity index (χ3n) is 6.04. The summed E-state index contributed by atoms with van der Waals surface area (Å²) < 4.78 is 8.01. The van der Waals surface area contributed by atoms with Gasteiger partial charge in [-0.15, -0.1) is 0 Å². The zero-order valence-corrected chi connectivity index (χ0v) is 20.3. The summed E-state index contributed by atoms with van der Waals surface area (Å²) in [5.41, 5.74) is 2.49. The van der Waals surface area contributed by atoms with E-state index in [2.05, 4.69) is 24.4 Å². The van der Waals surface area contributed by atoms with Crippen molar-refractivity contribution < 1.29 is 19.4 Å². The molecule has 2 N–H and O–H groups in total. The van der Waals surface area contributed by atoms with Gasteiger partial charge in [-0.05, 0) is 54.8 Å². The van der Waals surface area contributed by atoms with Gasteiger partial charge in [0.05, 0.1) is 11.6 Å². The smallest absolute Gasteiger partial charge is 0.335 e. The minimum absolute atomic E-state index is 0.118. The standard InChI is InChI=1S/C28H36N2O4/c1-3-4-5-6-7-8-9-22-10-13-26(14-11-22)34-20-25(29-21(2)31)19-30-17-16-23-18-24(28(32)33)12-15-27(23)30/h10-18,25H,3-9,19-20H2,1-2H3,(H,29,31)(H,32,33). The first kappa shape index (κ1) is 25.3. The van der Waals surface area contributed by atoms with Crippen molar-refractivity contribution in [2.75, 3.05) is 6.61 Å². The molecule has 0 saturated carbocycles. The highest BCUT2D eigenvalue weighted by molar-refractivity contribution is 5.93. The van der Waals surface area contributed by atoms with Gasteiger partial charge in [0.2, 0.25) is 5.91 Å². The molecule has 3 rings (SSSR count). The summed E-state index contributed by atoms with van der Waals surface area (Å²) in [7, 11) is 0. The molecule has 1 amide bonds. The minimum atomic E-state index is -0.947. The van der Waals surface area contributed by atoms with Crippen molar-refractivity contribution >= 4 is 22.8 Å². The zero-order chi connectivity index (χ0) is 24.3. The van der Waals surface area contributed by atoms with Gasteiger partial charge in [-0.2, -0.15) is 0 Å². The molecule has 2 aromatic carbocycles. The predicted molar refractivity (Wildman–Crippen MR) is 136 cm³/mol. The van der Waals surface area contributed by atoms with Crippen molar-refractivity contribution in [1.29, 1.82) is 0 Å². The molecule has 1 aromatic heterocycles. The molecule has 0 spiro atoms. The molecule has 182 valence electrons. The number of carboxylic acid groups (broad SMARTS) is 1. The van der Waals surface area contributed by atoms with Crippen LogP contribution in [0.1, 0.15) is 68.3 Å². The van der Waals surface area contributed by atoms with Crippen LogP contribution < -0.4 is 10.1 Å². The fourth-order valence-corrected chi connectivity index (χ4v) is 4.22. The van der Waals surface area contributed by atoms with Gasteiger partial charge in [-0.3, -0.25) is 4.79 Å². The van der Waals surface area contributed by atoms with E-state index in [1.165, 1.54) is 51.0 Å². The number of ether oxygens (including phenoxy) is 1. The number of aromatic nitrogens is 1. The Morgan fingerprint density at radius 2 is 1.74 bits per heavy atom. The highest BCUT2D eigenvalue weighted by atomic mass is 16.5. The number of fused-ring (bicyclic) bond motifs is 1. The van der Waals surface area contributed by atoms with Crippen LogP contribution >= 0.6 is 0 Å². The number of carbonyl (C=O) groups is 2. The fraction of sp³-hybridized carbons (Fsp3) is 0.429. The highest BCUT2D eigenvalue weighted by Gasteiger charge is 2.14. The van der Waals surface area contributed by atoms with E-state index in [0.29, 0.717) is 13.2 Å². The second-order valence-electron chi connectivity index (χ2n) is 8.92. The lowest BCUT2D eigenvalue weighted by Crippen LogP contribution is -2.40. The Bertz CT molecular complexity index is 1070. The Morgan fingerprint density at radius 1 is 1.00 bits per heavy atom. The number of amides is 1. The minimum Gasteiger partial charge on any atom is -0.491 e. The quantitative estimate of drug-likeness (QED) is 0.294. The number of nitrogens with zero attached hydrogens (tertiary/aromatic N) is 1. The van der Waals surface area contributed by atoms with Gasteiger partial charge in [-0.1, -0.05) is 51.2 Å². The normalized spacial score (nSPS) is 11.9. The number of rotatable bonds is 14. The van der Waals surface area contributed by atoms with E-state index in [9.17, 15) is 14.7 Å². The van der Waals surface area contributed by atoms with Gasteiger partial charge in [0.1, 0.15) is 12.4 Å². The number of benzene rings is 2. The molecule has 0 saturated heterocycles. The van der Waals surface area contributed by atoms with Crippen LogP contribution in [0.2, 0.25) is 0 Å². The predicted octanol–water partition coefficient (Wildman–Crippen LogP) is 5.83. The summed E-state index contributed by atoms with van der Waals surface area (Å²) in [6.45, 7) is 4.59. The summed E-state index contributed by atoms with van der Waals surface area (Å²) in [4.78, 5) is 23.0. The van der Waals surface area contributed by atoms with Crippen LogP contribution in [-0.4, -0.2) is 34.2 Å². The summed E-state index contributed by atoms with van der Waals surface area (Å²) >= 11 is 0. The van der Waals surface area contributed by atoms with Gasteiger partial charge >= 0.3 is 5.97 Å². The van der Waals surface area contributed by atoms with Crippen molar-refractivity contribution in [1.82, 2.24) is 9.88 Å². The summed E-state index contributed by atoms with van der Waals surface area (Å²) in [5.74, 6) is -0.282. The van der Waals surface area contributed by atoms with Gasteiger partial charge in [0.15, 0.2) is 0 Å². The lowest BCUT2D eigenvalue weighted by Gasteiger charge is -2.20. The molecule has 1 heterocycles. The molecule has 0 radical (unpaired) electrons. The molecule has 6 nitrogen and oxygen atoms in total. The first-order valence-electron chi connectivity index (χ1n) is 12.3. The topological polar surface area (TPSA) is 80.6 Å². The van der Waals surface area contributed by atoms with Gasteiger partial charge in [-0.25, -0.2) is 4.79 Å². The number of hydrogen-bond donors (Lipinski definition) is 2. The second-order valence-corrected chi connectivity index (χ2v) is 8.92. The fourth-order valence-electron chi connectivity index (χ4n) is 4.22. The van der Waals surface area contributed by atoms with Crippen molar-refractivity contribution in [3.8, 4) is 5.75 Å². The van der Waals surface area contributed by atoms with Gasteiger partial charge < -0.3 is 19.7 Å². The van der Waals surface area contributed by atoms with Crippen LogP contribution in [0, 0.1) is 0 Å². The largest absolute Gasteiger partial charge is 0.491 e. The third kappa shape index (κ3) is 7.65. The molecular formula is C28H36N2O4. The van der Waals surface area contributed by atoms with Crippen molar-refractivity contribution in [3.63, 3.8) is 0 Å². The molecule has 0 aliphatic heterocycles. The first-order chi connectivity index (χ1) is 16.5. The molecule has 0 aliphatic carbocycles. The Kier molecular flexibility index (Phi) is 9.56. The van der Waals surface area contributed by atoms with Crippen LogP contribution in [-0.2, 0) is 17.8 Å². The van der Waals surface area contributed by atoms with Gasteiger partial charge in [0.25, 0.3) is 0 Å². The summed E-state index contributed by atoms with van der Waals surface area (Å²) in [6, 6.07) is 14.9. The van der Waals surface area contributed by atoms with Crippen LogP contribution in [0.25, 0.3) is 10.9 Å². The number of aromatic carboxylic acids is 1. The molecule has 1 unspecified atom stereocenters. The van der Waals surface area contributed by atoms with E-state index in [1.807, 2.05) is 29.0 Å². The van der Waals surface area contributed by atoms with Crippen molar-refractivity contribution in [2.24, 2.45) is 0 Å². The highest BCUT2D eigenvalue weighted by Crippen LogP contribution is 2.19. The number of aryl methyl sites for hydroxylation is 1. The van der Waals surface area contributed by atoms with Crippen molar-refractivity contribution in [2.45, 2.75) is 71.4 Å². The molecule has 0 bridgehead atoms.